The monoisotopic (exact) mass is 349 g/mol. The molecular formula is C22H20FNO2. The molecule has 0 saturated heterocycles. The van der Waals surface area contributed by atoms with Gasteiger partial charge in [-0.15, -0.1) is 0 Å². The van der Waals surface area contributed by atoms with Gasteiger partial charge in [-0.3, -0.25) is 4.98 Å². The fraction of sp³-hybridized carbons (Fsp3) is 0.273. The number of hydrogen-bond donors (Lipinski definition) is 0. The van der Waals surface area contributed by atoms with Crippen LogP contribution in [0.2, 0.25) is 0 Å². The van der Waals surface area contributed by atoms with Gasteiger partial charge in [-0.2, -0.15) is 0 Å². The van der Waals surface area contributed by atoms with E-state index in [9.17, 15) is 9.18 Å². The van der Waals surface area contributed by atoms with Crippen molar-refractivity contribution in [1.29, 1.82) is 0 Å². The third kappa shape index (κ3) is 3.32. The van der Waals surface area contributed by atoms with Crippen molar-refractivity contribution in [3.8, 4) is 0 Å². The highest BCUT2D eigenvalue weighted by Crippen LogP contribution is 2.29. The van der Waals surface area contributed by atoms with Gasteiger partial charge in [-0.1, -0.05) is 36.8 Å². The first-order valence-corrected chi connectivity index (χ1v) is 9.04. The molecule has 1 aromatic heterocycles. The number of pyridine rings is 1. The van der Waals surface area contributed by atoms with Crippen LogP contribution in [0.5, 0.6) is 0 Å². The minimum absolute atomic E-state index is 0.130. The molecule has 1 heterocycles. The van der Waals surface area contributed by atoms with E-state index in [1.807, 2.05) is 24.3 Å². The fourth-order valence-corrected chi connectivity index (χ4v) is 3.58. The van der Waals surface area contributed by atoms with Gasteiger partial charge in [0.1, 0.15) is 12.4 Å². The molecule has 132 valence electrons. The Balaban J connectivity index is 1.70. The van der Waals surface area contributed by atoms with Gasteiger partial charge in [-0.25, -0.2) is 9.18 Å². The van der Waals surface area contributed by atoms with Crippen LogP contribution < -0.4 is 0 Å². The van der Waals surface area contributed by atoms with E-state index in [-0.39, 0.29) is 18.4 Å². The van der Waals surface area contributed by atoms with Crippen molar-refractivity contribution in [3.05, 3.63) is 76.7 Å². The summed E-state index contributed by atoms with van der Waals surface area (Å²) in [6.07, 6.45) is 5.07. The van der Waals surface area contributed by atoms with Gasteiger partial charge < -0.3 is 4.74 Å². The van der Waals surface area contributed by atoms with Crippen molar-refractivity contribution >= 4 is 16.9 Å². The zero-order chi connectivity index (χ0) is 17.9. The third-order valence-corrected chi connectivity index (χ3v) is 4.91. The number of rotatable bonds is 3. The van der Waals surface area contributed by atoms with E-state index in [1.54, 1.807) is 12.1 Å². The van der Waals surface area contributed by atoms with Crippen LogP contribution in [-0.2, 0) is 24.2 Å². The Bertz CT molecular complexity index is 950. The molecule has 0 atom stereocenters. The summed E-state index contributed by atoms with van der Waals surface area (Å²) in [5, 5.41) is 0.845. The Morgan fingerprint density at radius 1 is 1.00 bits per heavy atom. The molecule has 3 aromatic rings. The maximum Gasteiger partial charge on any atom is 0.339 e. The standard InChI is InChI=1S/C22H20FNO2/c23-16-12-10-15(11-13-16)14-26-22(25)21-17-6-2-1-3-8-19(17)24-20-9-5-4-7-18(20)21/h4-5,7,9-13H,1-3,6,8,14H2. The number of aryl methyl sites for hydroxylation is 1. The van der Waals surface area contributed by atoms with Crippen LogP contribution in [0.3, 0.4) is 0 Å². The second kappa shape index (κ2) is 7.24. The van der Waals surface area contributed by atoms with Gasteiger partial charge in [-0.05, 0) is 55.0 Å². The number of hydrogen-bond acceptors (Lipinski definition) is 3. The summed E-state index contributed by atoms with van der Waals surface area (Å²) >= 11 is 0. The summed E-state index contributed by atoms with van der Waals surface area (Å²) < 4.78 is 18.6. The Kier molecular flexibility index (Phi) is 4.65. The molecule has 26 heavy (non-hydrogen) atoms. The average Bonchev–Trinajstić information content (AvgIpc) is 2.90. The van der Waals surface area contributed by atoms with Crippen LogP contribution in [0.4, 0.5) is 4.39 Å². The molecular weight excluding hydrogens is 329 g/mol. The molecule has 4 rings (SSSR count). The molecule has 0 fully saturated rings. The quantitative estimate of drug-likeness (QED) is 0.493. The van der Waals surface area contributed by atoms with Crippen molar-refractivity contribution in [3.63, 3.8) is 0 Å². The molecule has 0 spiro atoms. The van der Waals surface area contributed by atoms with E-state index in [1.165, 1.54) is 12.1 Å². The first-order valence-electron chi connectivity index (χ1n) is 9.04. The molecule has 4 heteroatoms. The largest absolute Gasteiger partial charge is 0.457 e. The van der Waals surface area contributed by atoms with Crippen molar-refractivity contribution in [2.24, 2.45) is 0 Å². The molecule has 0 radical (unpaired) electrons. The molecule has 0 unspecified atom stereocenters. The highest BCUT2D eigenvalue weighted by Gasteiger charge is 2.22. The number of fused-ring (bicyclic) bond motifs is 2. The van der Waals surface area contributed by atoms with Crippen molar-refractivity contribution in [1.82, 2.24) is 4.98 Å². The Labute approximate surface area is 151 Å². The van der Waals surface area contributed by atoms with E-state index in [2.05, 4.69) is 0 Å². The summed E-state index contributed by atoms with van der Waals surface area (Å²) in [5.74, 6) is -0.628. The maximum atomic E-state index is 13.0. The van der Waals surface area contributed by atoms with Gasteiger partial charge in [0.15, 0.2) is 0 Å². The van der Waals surface area contributed by atoms with Crippen LogP contribution in [0, 0.1) is 5.82 Å². The summed E-state index contributed by atoms with van der Waals surface area (Å²) in [6.45, 7) is 0.130. The Hall–Kier alpha value is -2.75. The fourth-order valence-electron chi connectivity index (χ4n) is 3.58. The number of esters is 1. The predicted molar refractivity (Wildman–Crippen MR) is 98.5 cm³/mol. The lowest BCUT2D eigenvalue weighted by Crippen LogP contribution is -2.12. The van der Waals surface area contributed by atoms with Crippen LogP contribution in [0.25, 0.3) is 10.9 Å². The van der Waals surface area contributed by atoms with E-state index in [4.69, 9.17) is 9.72 Å². The molecule has 0 aliphatic heterocycles. The van der Waals surface area contributed by atoms with Crippen LogP contribution in [-0.4, -0.2) is 11.0 Å². The van der Waals surface area contributed by atoms with Crippen LogP contribution >= 0.6 is 0 Å². The van der Waals surface area contributed by atoms with Gasteiger partial charge >= 0.3 is 5.97 Å². The van der Waals surface area contributed by atoms with Crippen LogP contribution in [0.15, 0.2) is 48.5 Å². The lowest BCUT2D eigenvalue weighted by molar-refractivity contribution is 0.0473. The van der Waals surface area contributed by atoms with Crippen LogP contribution in [0.1, 0.15) is 46.4 Å². The lowest BCUT2D eigenvalue weighted by Gasteiger charge is -2.15. The number of carbonyl (C=O) groups excluding carboxylic acids is 1. The summed E-state index contributed by atoms with van der Waals surface area (Å²) in [4.78, 5) is 17.8. The second-order valence-corrected chi connectivity index (χ2v) is 6.69. The number of nitrogens with zero attached hydrogens (tertiary/aromatic N) is 1. The SMILES string of the molecule is O=C(OCc1ccc(F)cc1)c1c2c(nc3ccccc13)CCCCC2. The number of ether oxygens (including phenoxy) is 1. The smallest absolute Gasteiger partial charge is 0.339 e. The highest BCUT2D eigenvalue weighted by molar-refractivity contribution is 6.05. The summed E-state index contributed by atoms with van der Waals surface area (Å²) in [7, 11) is 0. The lowest BCUT2D eigenvalue weighted by atomic mass is 9.97. The molecule has 2 aromatic carbocycles. The number of halogens is 1. The number of para-hydroxylation sites is 1. The second-order valence-electron chi connectivity index (χ2n) is 6.69. The van der Waals surface area contributed by atoms with Crippen molar-refractivity contribution in [2.75, 3.05) is 0 Å². The van der Waals surface area contributed by atoms with Gasteiger partial charge in [0, 0.05) is 11.1 Å². The molecule has 0 bridgehead atoms. The minimum atomic E-state index is -0.328. The van der Waals surface area contributed by atoms with Crippen molar-refractivity contribution in [2.45, 2.75) is 38.7 Å². The first-order chi connectivity index (χ1) is 12.7. The number of benzene rings is 2. The average molecular weight is 349 g/mol. The Morgan fingerprint density at radius 2 is 1.77 bits per heavy atom. The summed E-state index contributed by atoms with van der Waals surface area (Å²) in [5.41, 5.74) is 4.31. The normalized spacial score (nSPS) is 13.9. The zero-order valence-electron chi connectivity index (χ0n) is 14.5. The predicted octanol–water partition coefficient (Wildman–Crippen LogP) is 5.00. The molecule has 1 aliphatic rings. The number of aromatic nitrogens is 1. The zero-order valence-corrected chi connectivity index (χ0v) is 14.5. The molecule has 0 saturated carbocycles. The third-order valence-electron chi connectivity index (χ3n) is 4.91. The molecule has 0 N–H and O–H groups in total. The van der Waals surface area contributed by atoms with E-state index < -0.39 is 0 Å². The summed E-state index contributed by atoms with van der Waals surface area (Å²) in [6, 6.07) is 13.7. The molecule has 1 aliphatic carbocycles. The van der Waals surface area contributed by atoms with Gasteiger partial charge in [0.25, 0.3) is 0 Å². The van der Waals surface area contributed by atoms with Gasteiger partial charge in [0.05, 0.1) is 11.1 Å². The van der Waals surface area contributed by atoms with E-state index in [0.29, 0.717) is 5.56 Å². The van der Waals surface area contributed by atoms with Gasteiger partial charge in [0.2, 0.25) is 0 Å². The molecule has 3 nitrogen and oxygen atoms in total. The minimum Gasteiger partial charge on any atom is -0.457 e. The van der Waals surface area contributed by atoms with Crippen molar-refractivity contribution < 1.29 is 13.9 Å². The maximum absolute atomic E-state index is 13.0. The molecule has 0 amide bonds. The van der Waals surface area contributed by atoms with E-state index in [0.717, 1.165) is 59.8 Å². The Morgan fingerprint density at radius 3 is 2.62 bits per heavy atom. The highest BCUT2D eigenvalue weighted by atomic mass is 19.1. The number of carbonyl (C=O) groups is 1. The first kappa shape index (κ1) is 16.7. The van der Waals surface area contributed by atoms with E-state index >= 15 is 0 Å². The topological polar surface area (TPSA) is 39.2 Å².